The number of carboxylic acid groups (broad SMARTS) is 1. The van der Waals surface area contributed by atoms with Gasteiger partial charge in [-0.05, 0) is 65.4 Å². The molecule has 0 bridgehead atoms. The molecule has 3 aromatic rings. The van der Waals surface area contributed by atoms with Gasteiger partial charge in [-0.3, -0.25) is 4.79 Å². The lowest BCUT2D eigenvalue weighted by Gasteiger charge is -2.11. The molecule has 0 aromatic heterocycles. The van der Waals surface area contributed by atoms with Gasteiger partial charge in [-0.25, -0.2) is 0 Å². The van der Waals surface area contributed by atoms with Crippen LogP contribution in [-0.4, -0.2) is 16.2 Å². The van der Waals surface area contributed by atoms with Crippen molar-refractivity contribution in [1.82, 2.24) is 0 Å². The summed E-state index contributed by atoms with van der Waals surface area (Å²) in [4.78, 5) is 11.5. The van der Waals surface area contributed by atoms with Crippen molar-refractivity contribution in [3.63, 3.8) is 0 Å². The van der Waals surface area contributed by atoms with Gasteiger partial charge >= 0.3 is 12.1 Å². The summed E-state index contributed by atoms with van der Waals surface area (Å²) in [6.07, 6.45) is -3.97. The van der Waals surface area contributed by atoms with Gasteiger partial charge in [-0.15, -0.1) is 11.8 Å². The zero-order valence-electron chi connectivity index (χ0n) is 16.7. The van der Waals surface area contributed by atoms with Gasteiger partial charge < -0.3 is 10.2 Å². The molecule has 0 aliphatic heterocycles. The number of hydrogen-bond acceptors (Lipinski definition) is 3. The molecule has 7 heteroatoms. The van der Waals surface area contributed by atoms with Crippen LogP contribution in [0, 0.1) is 6.92 Å². The molecule has 0 saturated heterocycles. The zero-order valence-corrected chi connectivity index (χ0v) is 17.6. The summed E-state index contributed by atoms with van der Waals surface area (Å²) >= 11 is 1.46. The molecule has 3 nitrogen and oxygen atoms in total. The lowest BCUT2D eigenvalue weighted by molar-refractivity contribution is -0.138. The number of rotatable bonds is 7. The number of phenolic OH excluding ortho intramolecular Hbond substituents is 1. The predicted octanol–water partition coefficient (Wildman–Crippen LogP) is 6.70. The Morgan fingerprint density at radius 3 is 2.10 bits per heavy atom. The molecule has 0 fully saturated rings. The summed E-state index contributed by atoms with van der Waals surface area (Å²) < 4.78 is 38.1. The number of aryl methyl sites for hydroxylation is 2. The molecule has 0 unspecified atom stereocenters. The van der Waals surface area contributed by atoms with Crippen molar-refractivity contribution in [3.8, 4) is 16.9 Å². The van der Waals surface area contributed by atoms with E-state index in [4.69, 9.17) is 5.11 Å². The first-order valence-corrected chi connectivity index (χ1v) is 10.6. The van der Waals surface area contributed by atoms with E-state index in [9.17, 15) is 23.1 Å². The van der Waals surface area contributed by atoms with Gasteiger partial charge in [0.1, 0.15) is 5.75 Å². The van der Waals surface area contributed by atoms with E-state index in [-0.39, 0.29) is 12.2 Å². The second kappa shape index (κ2) is 9.47. The van der Waals surface area contributed by atoms with Crippen molar-refractivity contribution < 1.29 is 28.2 Å². The van der Waals surface area contributed by atoms with E-state index in [2.05, 4.69) is 0 Å². The van der Waals surface area contributed by atoms with Crippen molar-refractivity contribution >= 4 is 17.7 Å². The van der Waals surface area contributed by atoms with Crippen molar-refractivity contribution in [3.05, 3.63) is 82.9 Å². The number of benzene rings is 3. The minimum atomic E-state index is -4.35. The van der Waals surface area contributed by atoms with E-state index >= 15 is 0 Å². The van der Waals surface area contributed by atoms with Crippen LogP contribution in [0.5, 0.6) is 5.75 Å². The normalized spacial score (nSPS) is 11.5. The first kappa shape index (κ1) is 22.7. The molecule has 0 spiro atoms. The molecule has 0 aliphatic rings. The van der Waals surface area contributed by atoms with Crippen LogP contribution in [0.3, 0.4) is 0 Å². The summed E-state index contributed by atoms with van der Waals surface area (Å²) in [7, 11) is 0. The largest absolute Gasteiger partial charge is 0.507 e. The van der Waals surface area contributed by atoms with Gasteiger partial charge in [0.05, 0.1) is 5.56 Å². The number of carboxylic acids is 1. The molecule has 0 aliphatic carbocycles. The Bertz CT molecular complexity index is 1060. The minimum absolute atomic E-state index is 0.0120. The highest BCUT2D eigenvalue weighted by atomic mass is 32.2. The van der Waals surface area contributed by atoms with Crippen molar-refractivity contribution in [2.75, 3.05) is 0 Å². The lowest BCUT2D eigenvalue weighted by Crippen LogP contribution is -2.03. The van der Waals surface area contributed by atoms with Gasteiger partial charge in [-0.1, -0.05) is 36.4 Å². The molecule has 0 saturated carbocycles. The van der Waals surface area contributed by atoms with Gasteiger partial charge in [0.2, 0.25) is 0 Å². The fourth-order valence-corrected chi connectivity index (χ4v) is 4.13. The molecule has 2 N–H and O–H groups in total. The summed E-state index contributed by atoms with van der Waals surface area (Å²) in [6.45, 7) is 1.89. The Morgan fingerprint density at radius 1 is 0.968 bits per heavy atom. The third kappa shape index (κ3) is 6.04. The van der Waals surface area contributed by atoms with Crippen LogP contribution in [0.1, 0.15) is 28.7 Å². The van der Waals surface area contributed by atoms with Crippen molar-refractivity contribution in [2.24, 2.45) is 0 Å². The number of aromatic hydroxyl groups is 1. The average Bonchev–Trinajstić information content (AvgIpc) is 2.73. The van der Waals surface area contributed by atoms with Gasteiger partial charge in [0.25, 0.3) is 0 Å². The van der Waals surface area contributed by atoms with E-state index < -0.39 is 17.7 Å². The molecule has 3 rings (SSSR count). The molecule has 0 radical (unpaired) electrons. The Morgan fingerprint density at radius 2 is 1.55 bits per heavy atom. The summed E-state index contributed by atoms with van der Waals surface area (Å²) in [5.41, 5.74) is 3.60. The fraction of sp³-hybridized carbons (Fsp3) is 0.208. The maximum Gasteiger partial charge on any atom is 0.416 e. The monoisotopic (exact) mass is 446 g/mol. The second-order valence-electron chi connectivity index (χ2n) is 7.20. The predicted molar refractivity (Wildman–Crippen MR) is 115 cm³/mol. The maximum absolute atomic E-state index is 12.7. The van der Waals surface area contributed by atoms with E-state index in [1.54, 1.807) is 6.07 Å². The molecule has 31 heavy (non-hydrogen) atoms. The van der Waals surface area contributed by atoms with Gasteiger partial charge in [-0.2, -0.15) is 13.2 Å². The second-order valence-corrected chi connectivity index (χ2v) is 8.22. The molecule has 3 aromatic carbocycles. The highest BCUT2D eigenvalue weighted by Gasteiger charge is 2.29. The van der Waals surface area contributed by atoms with Crippen molar-refractivity contribution in [2.45, 2.75) is 36.6 Å². The Labute approximate surface area is 182 Å². The summed E-state index contributed by atoms with van der Waals surface area (Å²) in [6, 6.07) is 16.1. The highest BCUT2D eigenvalue weighted by molar-refractivity contribution is 7.98. The number of hydrogen-bond donors (Lipinski definition) is 2. The van der Waals surface area contributed by atoms with Crippen molar-refractivity contribution in [1.29, 1.82) is 0 Å². The molecule has 0 amide bonds. The maximum atomic E-state index is 12.7. The van der Waals surface area contributed by atoms with E-state index in [1.165, 1.54) is 23.9 Å². The number of thioether (sulfide) groups is 1. The van der Waals surface area contributed by atoms with Crippen LogP contribution in [0.25, 0.3) is 11.1 Å². The van der Waals surface area contributed by atoms with Crippen LogP contribution in [0.15, 0.2) is 65.6 Å². The first-order chi connectivity index (χ1) is 14.6. The SMILES string of the molecule is Cc1cc(SCc2ccc(-c3ccc(C(F)(F)F)cc3)cc2)c(O)cc1CCC(=O)O. The van der Waals surface area contributed by atoms with Crippen LogP contribution in [0.2, 0.25) is 0 Å². The van der Waals surface area contributed by atoms with Crippen LogP contribution in [0.4, 0.5) is 13.2 Å². The van der Waals surface area contributed by atoms with E-state index in [0.717, 1.165) is 34.4 Å². The summed E-state index contributed by atoms with van der Waals surface area (Å²) in [5.74, 6) is -0.149. The molecule has 0 heterocycles. The molecular weight excluding hydrogens is 425 g/mol. The number of carbonyl (C=O) groups is 1. The van der Waals surface area contributed by atoms with Crippen LogP contribution >= 0.6 is 11.8 Å². The molecule has 162 valence electrons. The smallest absolute Gasteiger partial charge is 0.416 e. The third-order valence-corrected chi connectivity index (χ3v) is 6.04. The molecule has 0 atom stereocenters. The topological polar surface area (TPSA) is 57.5 Å². The average molecular weight is 446 g/mol. The first-order valence-electron chi connectivity index (χ1n) is 9.57. The molecular formula is C24H21F3O3S. The van der Waals surface area contributed by atoms with Gasteiger partial charge in [0, 0.05) is 17.1 Å². The number of phenols is 1. The Kier molecular flexibility index (Phi) is 6.95. The number of halogens is 3. The Hall–Kier alpha value is -2.93. The number of aliphatic carboxylic acids is 1. The standard InChI is InChI=1S/C24H21F3O3S/c1-15-12-22(21(28)13-19(15)8-11-23(29)30)31-14-16-2-4-17(5-3-16)18-6-9-20(10-7-18)24(25,26)27/h2-7,9-10,12-13,28H,8,11,14H2,1H3,(H,29,30). The zero-order chi connectivity index (χ0) is 22.6. The van der Waals surface area contributed by atoms with E-state index in [1.807, 2.05) is 37.3 Å². The third-order valence-electron chi connectivity index (χ3n) is 4.92. The lowest BCUT2D eigenvalue weighted by atomic mass is 10.0. The quantitative estimate of drug-likeness (QED) is 0.397. The minimum Gasteiger partial charge on any atom is -0.507 e. The Balaban J connectivity index is 1.65. The highest BCUT2D eigenvalue weighted by Crippen LogP contribution is 2.35. The summed E-state index contributed by atoms with van der Waals surface area (Å²) in [5, 5.41) is 19.1. The van der Waals surface area contributed by atoms with E-state index in [0.29, 0.717) is 22.6 Å². The van der Waals surface area contributed by atoms with Crippen LogP contribution in [-0.2, 0) is 23.1 Å². The van der Waals surface area contributed by atoms with Gasteiger partial charge in [0.15, 0.2) is 0 Å². The number of alkyl halides is 3. The van der Waals surface area contributed by atoms with Crippen LogP contribution < -0.4 is 0 Å². The fourth-order valence-electron chi connectivity index (χ4n) is 3.15.